The Morgan fingerprint density at radius 3 is 3.18 bits per heavy atom. The SMILES string of the molecule is C=C1CC2C[C@@H]3C(C)[C@H]3N2C1. The second-order valence-electron chi connectivity index (χ2n) is 4.53. The minimum atomic E-state index is 0.897. The van der Waals surface area contributed by atoms with Gasteiger partial charge in [0.25, 0.3) is 0 Å². The van der Waals surface area contributed by atoms with Gasteiger partial charge in [0.15, 0.2) is 0 Å². The van der Waals surface area contributed by atoms with Crippen LogP contribution in [-0.4, -0.2) is 23.5 Å². The van der Waals surface area contributed by atoms with Crippen molar-refractivity contribution in [1.29, 1.82) is 0 Å². The molecule has 4 atom stereocenters. The molecule has 0 amide bonds. The molecule has 3 rings (SSSR count). The molecule has 2 saturated heterocycles. The third kappa shape index (κ3) is 0.652. The molecule has 1 nitrogen and oxygen atoms in total. The molecule has 3 aliphatic rings. The molecule has 11 heavy (non-hydrogen) atoms. The number of fused-ring (bicyclic) bond motifs is 3. The Kier molecular flexibility index (Phi) is 0.972. The summed E-state index contributed by atoms with van der Waals surface area (Å²) in [6, 6.07) is 1.85. The summed E-state index contributed by atoms with van der Waals surface area (Å²) in [4.78, 5) is 2.69. The largest absolute Gasteiger partial charge is 0.293 e. The molecule has 2 heterocycles. The van der Waals surface area contributed by atoms with Crippen molar-refractivity contribution in [1.82, 2.24) is 4.90 Å². The molecule has 1 saturated carbocycles. The molecule has 0 aromatic rings. The minimum absolute atomic E-state index is 0.897. The van der Waals surface area contributed by atoms with Crippen molar-refractivity contribution in [3.8, 4) is 0 Å². The second-order valence-corrected chi connectivity index (χ2v) is 4.53. The molecule has 3 fully saturated rings. The topological polar surface area (TPSA) is 3.24 Å². The first kappa shape index (κ1) is 6.24. The van der Waals surface area contributed by atoms with Crippen LogP contribution in [0.5, 0.6) is 0 Å². The van der Waals surface area contributed by atoms with E-state index in [-0.39, 0.29) is 0 Å². The van der Waals surface area contributed by atoms with Gasteiger partial charge in [-0.05, 0) is 24.7 Å². The molecule has 1 heteroatoms. The van der Waals surface area contributed by atoms with E-state index < -0.39 is 0 Å². The van der Waals surface area contributed by atoms with Crippen LogP contribution in [0.25, 0.3) is 0 Å². The van der Waals surface area contributed by atoms with Crippen molar-refractivity contribution < 1.29 is 0 Å². The summed E-state index contributed by atoms with van der Waals surface area (Å²) < 4.78 is 0. The number of hydrogen-bond acceptors (Lipinski definition) is 1. The fourth-order valence-electron chi connectivity index (χ4n) is 3.21. The Labute approximate surface area is 68.1 Å². The molecule has 0 aromatic carbocycles. The lowest BCUT2D eigenvalue weighted by Gasteiger charge is -2.18. The van der Waals surface area contributed by atoms with Gasteiger partial charge in [-0.15, -0.1) is 0 Å². The van der Waals surface area contributed by atoms with Gasteiger partial charge in [0.1, 0.15) is 0 Å². The van der Waals surface area contributed by atoms with E-state index in [2.05, 4.69) is 18.4 Å². The Morgan fingerprint density at radius 1 is 1.55 bits per heavy atom. The van der Waals surface area contributed by atoms with Gasteiger partial charge in [-0.1, -0.05) is 19.1 Å². The smallest absolute Gasteiger partial charge is 0.0197 e. The van der Waals surface area contributed by atoms with Gasteiger partial charge in [0.2, 0.25) is 0 Å². The number of piperidine rings is 1. The summed E-state index contributed by atoms with van der Waals surface area (Å²) in [5.41, 5.74) is 1.47. The zero-order chi connectivity index (χ0) is 7.59. The van der Waals surface area contributed by atoms with E-state index in [1.165, 1.54) is 25.0 Å². The highest BCUT2D eigenvalue weighted by Crippen LogP contribution is 2.55. The molecule has 0 bridgehead atoms. The van der Waals surface area contributed by atoms with Gasteiger partial charge in [-0.3, -0.25) is 4.90 Å². The van der Waals surface area contributed by atoms with Crippen molar-refractivity contribution in [2.45, 2.75) is 31.8 Å². The van der Waals surface area contributed by atoms with Crippen LogP contribution < -0.4 is 0 Å². The lowest BCUT2D eigenvalue weighted by Crippen LogP contribution is -2.27. The van der Waals surface area contributed by atoms with Crippen LogP contribution in [0.1, 0.15) is 19.8 Å². The van der Waals surface area contributed by atoms with Crippen molar-refractivity contribution in [3.05, 3.63) is 12.2 Å². The Bertz CT molecular complexity index is 221. The van der Waals surface area contributed by atoms with Crippen LogP contribution in [0.3, 0.4) is 0 Å². The van der Waals surface area contributed by atoms with E-state index in [0.29, 0.717) is 0 Å². The van der Waals surface area contributed by atoms with Gasteiger partial charge in [0.05, 0.1) is 0 Å². The fourth-order valence-corrected chi connectivity index (χ4v) is 3.21. The predicted octanol–water partition coefficient (Wildman–Crippen LogP) is 1.66. The van der Waals surface area contributed by atoms with Gasteiger partial charge in [-0.2, -0.15) is 0 Å². The maximum absolute atomic E-state index is 4.07. The van der Waals surface area contributed by atoms with Gasteiger partial charge in [0, 0.05) is 18.6 Å². The zero-order valence-corrected chi connectivity index (χ0v) is 7.09. The summed E-state index contributed by atoms with van der Waals surface area (Å²) in [7, 11) is 0. The lowest BCUT2D eigenvalue weighted by atomic mass is 10.1. The van der Waals surface area contributed by atoms with Gasteiger partial charge >= 0.3 is 0 Å². The summed E-state index contributed by atoms with van der Waals surface area (Å²) in [6.45, 7) is 7.67. The van der Waals surface area contributed by atoms with E-state index in [0.717, 1.165) is 23.9 Å². The normalized spacial score (nSPS) is 54.5. The fraction of sp³-hybridized carbons (Fsp3) is 0.800. The zero-order valence-electron chi connectivity index (χ0n) is 7.09. The quantitative estimate of drug-likeness (QED) is 0.473. The van der Waals surface area contributed by atoms with Crippen LogP contribution in [0.2, 0.25) is 0 Å². The Balaban J connectivity index is 1.85. The first-order chi connectivity index (χ1) is 5.27. The first-order valence-corrected chi connectivity index (χ1v) is 4.70. The molecule has 0 N–H and O–H groups in total. The minimum Gasteiger partial charge on any atom is -0.293 e. The Morgan fingerprint density at radius 2 is 2.36 bits per heavy atom. The standard InChI is InChI=1S/C10H15N/c1-6-3-8-4-9-7(2)10(9)11(8)5-6/h7-10H,1,3-5H2,2H3/t7?,8?,9-,10-/m1/s1. The van der Waals surface area contributed by atoms with Crippen LogP contribution in [0.4, 0.5) is 0 Å². The molecule has 0 radical (unpaired) electrons. The van der Waals surface area contributed by atoms with Crippen LogP contribution in [0, 0.1) is 11.8 Å². The summed E-state index contributed by atoms with van der Waals surface area (Å²) in [6.07, 6.45) is 2.75. The van der Waals surface area contributed by atoms with E-state index in [1.807, 2.05) is 0 Å². The molecule has 1 aliphatic carbocycles. The summed E-state index contributed by atoms with van der Waals surface area (Å²) >= 11 is 0. The third-order valence-corrected chi connectivity index (χ3v) is 3.84. The summed E-state index contributed by atoms with van der Waals surface area (Å²) in [5, 5.41) is 0. The first-order valence-electron chi connectivity index (χ1n) is 4.70. The average Bonchev–Trinajstić information content (AvgIpc) is 2.36. The lowest BCUT2D eigenvalue weighted by molar-refractivity contribution is 0.264. The van der Waals surface area contributed by atoms with Crippen LogP contribution >= 0.6 is 0 Å². The number of hydrogen-bond donors (Lipinski definition) is 0. The second kappa shape index (κ2) is 1.71. The van der Waals surface area contributed by atoms with Crippen molar-refractivity contribution in [2.75, 3.05) is 6.54 Å². The highest BCUT2D eigenvalue weighted by atomic mass is 15.3. The average molecular weight is 149 g/mol. The molecule has 0 spiro atoms. The molecule has 2 aliphatic heterocycles. The number of rotatable bonds is 0. The van der Waals surface area contributed by atoms with E-state index in [1.54, 1.807) is 0 Å². The molecular formula is C10H15N. The van der Waals surface area contributed by atoms with Crippen molar-refractivity contribution in [3.63, 3.8) is 0 Å². The summed E-state index contributed by atoms with van der Waals surface area (Å²) in [5.74, 6) is 2.06. The monoisotopic (exact) mass is 149 g/mol. The predicted molar refractivity (Wildman–Crippen MR) is 45.3 cm³/mol. The molecular weight excluding hydrogens is 134 g/mol. The van der Waals surface area contributed by atoms with E-state index >= 15 is 0 Å². The highest BCUT2D eigenvalue weighted by molar-refractivity contribution is 5.20. The Hall–Kier alpha value is -0.300. The van der Waals surface area contributed by atoms with Gasteiger partial charge < -0.3 is 0 Å². The van der Waals surface area contributed by atoms with Crippen LogP contribution in [-0.2, 0) is 0 Å². The molecule has 2 unspecified atom stereocenters. The molecule has 60 valence electrons. The third-order valence-electron chi connectivity index (χ3n) is 3.84. The van der Waals surface area contributed by atoms with Crippen LogP contribution in [0.15, 0.2) is 12.2 Å². The van der Waals surface area contributed by atoms with Gasteiger partial charge in [-0.25, -0.2) is 0 Å². The van der Waals surface area contributed by atoms with E-state index in [9.17, 15) is 0 Å². The number of nitrogens with zero attached hydrogens (tertiary/aromatic N) is 1. The molecule has 0 aromatic heterocycles. The van der Waals surface area contributed by atoms with Crippen molar-refractivity contribution in [2.24, 2.45) is 11.8 Å². The maximum atomic E-state index is 4.07. The maximum Gasteiger partial charge on any atom is 0.0197 e. The highest BCUT2D eigenvalue weighted by Gasteiger charge is 2.59. The van der Waals surface area contributed by atoms with E-state index in [4.69, 9.17) is 0 Å². The van der Waals surface area contributed by atoms with Crippen molar-refractivity contribution >= 4 is 0 Å².